The summed E-state index contributed by atoms with van der Waals surface area (Å²) in [5.41, 5.74) is 2.18. The molecule has 0 fully saturated rings. The summed E-state index contributed by atoms with van der Waals surface area (Å²) in [5, 5.41) is 4.45. The minimum Gasteiger partial charge on any atom is -0.361 e. The van der Waals surface area contributed by atoms with Gasteiger partial charge in [0.2, 0.25) is 5.91 Å². The van der Waals surface area contributed by atoms with E-state index in [9.17, 15) is 9.59 Å². The van der Waals surface area contributed by atoms with Crippen LogP contribution >= 0.6 is 11.6 Å². The molecule has 3 rings (SSSR count). The second-order valence-corrected chi connectivity index (χ2v) is 7.04. The number of amides is 1. The number of Topliss-reactive ketones (excluding diaryl/α,β-unsaturated/α-hetero) is 1. The van der Waals surface area contributed by atoms with Crippen molar-refractivity contribution >= 4 is 39.9 Å². The Morgan fingerprint density at radius 1 is 1.12 bits per heavy atom. The van der Waals surface area contributed by atoms with Gasteiger partial charge in [0.15, 0.2) is 5.78 Å². The molecule has 0 bridgehead atoms. The number of rotatable bonds is 4. The van der Waals surface area contributed by atoms with Gasteiger partial charge in [0.1, 0.15) is 0 Å². The number of hydrogen-bond donors (Lipinski definition) is 2. The van der Waals surface area contributed by atoms with E-state index in [-0.39, 0.29) is 11.7 Å². The van der Waals surface area contributed by atoms with Gasteiger partial charge in [-0.05, 0) is 56.7 Å². The topological polar surface area (TPSA) is 62.0 Å². The van der Waals surface area contributed by atoms with Crippen molar-refractivity contribution in [3.8, 4) is 0 Å². The Hall–Kier alpha value is -2.59. The summed E-state index contributed by atoms with van der Waals surface area (Å²) in [5.74, 6) is -0.198. The molecule has 0 saturated carbocycles. The summed E-state index contributed by atoms with van der Waals surface area (Å²) < 4.78 is 0. The van der Waals surface area contributed by atoms with E-state index in [1.165, 1.54) is 6.92 Å². The maximum atomic E-state index is 12.9. The van der Waals surface area contributed by atoms with Gasteiger partial charge in [-0.1, -0.05) is 23.7 Å². The van der Waals surface area contributed by atoms with E-state index in [1.807, 2.05) is 38.2 Å². The Morgan fingerprint density at radius 3 is 2.60 bits per heavy atom. The molecule has 1 amide bonds. The Balaban J connectivity index is 1.93. The Labute approximate surface area is 151 Å². The van der Waals surface area contributed by atoms with Crippen LogP contribution in [0.5, 0.6) is 0 Å². The first-order valence-electron chi connectivity index (χ1n) is 7.98. The molecule has 2 aromatic carbocycles. The van der Waals surface area contributed by atoms with Crippen LogP contribution in [0.3, 0.4) is 0 Å². The molecule has 128 valence electrons. The molecule has 0 radical (unpaired) electrons. The van der Waals surface area contributed by atoms with Gasteiger partial charge in [0.05, 0.1) is 5.41 Å². The van der Waals surface area contributed by atoms with Crippen molar-refractivity contribution in [1.82, 2.24) is 4.98 Å². The number of carbonyl (C=O) groups excluding carboxylic acids is 2. The van der Waals surface area contributed by atoms with Crippen LogP contribution in [0.4, 0.5) is 5.69 Å². The lowest BCUT2D eigenvalue weighted by atomic mass is 9.83. The Kier molecular flexibility index (Phi) is 4.39. The summed E-state index contributed by atoms with van der Waals surface area (Å²) in [6.07, 6.45) is 1.84. The number of H-pyrrole nitrogens is 1. The molecule has 1 aromatic heterocycles. The number of anilines is 1. The lowest BCUT2D eigenvalue weighted by molar-refractivity contribution is -0.120. The van der Waals surface area contributed by atoms with Crippen LogP contribution < -0.4 is 5.32 Å². The molecule has 0 saturated heterocycles. The van der Waals surface area contributed by atoms with E-state index in [2.05, 4.69) is 10.3 Å². The molecular weight excluding hydrogens is 336 g/mol. The first-order valence-corrected chi connectivity index (χ1v) is 8.36. The summed E-state index contributed by atoms with van der Waals surface area (Å²) in [6.45, 7) is 5.22. The SMILES string of the molecule is CC(=O)c1cccc(NC(=O)C(C)(C)c2c[nH]c3ccc(Cl)cc23)c1. The first-order chi connectivity index (χ1) is 11.8. The highest BCUT2D eigenvalue weighted by Crippen LogP contribution is 2.33. The average Bonchev–Trinajstić information content (AvgIpc) is 2.98. The van der Waals surface area contributed by atoms with Gasteiger partial charge in [0.25, 0.3) is 0 Å². The first kappa shape index (κ1) is 17.2. The van der Waals surface area contributed by atoms with E-state index < -0.39 is 5.41 Å². The molecule has 2 N–H and O–H groups in total. The monoisotopic (exact) mass is 354 g/mol. The third kappa shape index (κ3) is 3.30. The van der Waals surface area contributed by atoms with Gasteiger partial charge in [-0.3, -0.25) is 9.59 Å². The van der Waals surface area contributed by atoms with Crippen LogP contribution in [0.25, 0.3) is 10.9 Å². The lowest BCUT2D eigenvalue weighted by Gasteiger charge is -2.23. The van der Waals surface area contributed by atoms with Crippen LogP contribution in [-0.2, 0) is 10.2 Å². The number of aromatic nitrogens is 1. The minimum atomic E-state index is -0.783. The highest BCUT2D eigenvalue weighted by atomic mass is 35.5. The van der Waals surface area contributed by atoms with Crippen LogP contribution in [0.15, 0.2) is 48.7 Å². The third-order valence-corrected chi connectivity index (χ3v) is 4.65. The molecule has 0 unspecified atom stereocenters. The van der Waals surface area contributed by atoms with E-state index in [1.54, 1.807) is 24.3 Å². The third-order valence-electron chi connectivity index (χ3n) is 4.41. The molecule has 0 aliphatic carbocycles. The molecular formula is C20H19ClN2O2. The molecule has 1 heterocycles. The van der Waals surface area contributed by atoms with Crippen LogP contribution in [0.1, 0.15) is 36.7 Å². The van der Waals surface area contributed by atoms with Crippen molar-refractivity contribution < 1.29 is 9.59 Å². The largest absolute Gasteiger partial charge is 0.361 e. The number of nitrogens with one attached hydrogen (secondary N) is 2. The van der Waals surface area contributed by atoms with Crippen LogP contribution in [0, 0.1) is 0 Å². The number of carbonyl (C=O) groups is 2. The van der Waals surface area contributed by atoms with Crippen molar-refractivity contribution in [1.29, 1.82) is 0 Å². The van der Waals surface area contributed by atoms with Crippen molar-refractivity contribution in [2.45, 2.75) is 26.2 Å². The van der Waals surface area contributed by atoms with E-state index in [0.29, 0.717) is 16.3 Å². The molecule has 0 aliphatic rings. The van der Waals surface area contributed by atoms with Crippen molar-refractivity contribution in [2.75, 3.05) is 5.32 Å². The summed E-state index contributed by atoms with van der Waals surface area (Å²) in [6, 6.07) is 12.5. The van der Waals surface area contributed by atoms with Gasteiger partial charge < -0.3 is 10.3 Å². The van der Waals surface area contributed by atoms with E-state index in [0.717, 1.165) is 16.5 Å². The van der Waals surface area contributed by atoms with Crippen LogP contribution in [0.2, 0.25) is 5.02 Å². The van der Waals surface area contributed by atoms with E-state index >= 15 is 0 Å². The fraction of sp³-hybridized carbons (Fsp3) is 0.200. The molecule has 0 aliphatic heterocycles. The number of fused-ring (bicyclic) bond motifs is 1. The highest BCUT2D eigenvalue weighted by Gasteiger charge is 2.32. The fourth-order valence-electron chi connectivity index (χ4n) is 2.84. The zero-order valence-electron chi connectivity index (χ0n) is 14.3. The quantitative estimate of drug-likeness (QED) is 0.652. The maximum absolute atomic E-state index is 12.9. The Bertz CT molecular complexity index is 973. The van der Waals surface area contributed by atoms with Gasteiger partial charge in [-0.25, -0.2) is 0 Å². The summed E-state index contributed by atoms with van der Waals surface area (Å²) >= 11 is 6.11. The minimum absolute atomic E-state index is 0.0402. The summed E-state index contributed by atoms with van der Waals surface area (Å²) in [7, 11) is 0. The smallest absolute Gasteiger partial charge is 0.234 e. The number of halogens is 1. The lowest BCUT2D eigenvalue weighted by Crippen LogP contribution is -2.34. The Morgan fingerprint density at radius 2 is 1.88 bits per heavy atom. The highest BCUT2D eigenvalue weighted by molar-refractivity contribution is 6.31. The molecule has 4 nitrogen and oxygen atoms in total. The molecule has 3 aromatic rings. The van der Waals surface area contributed by atoms with Crippen molar-refractivity contribution in [2.24, 2.45) is 0 Å². The number of benzene rings is 2. The maximum Gasteiger partial charge on any atom is 0.234 e. The van der Waals surface area contributed by atoms with Gasteiger partial charge in [-0.2, -0.15) is 0 Å². The van der Waals surface area contributed by atoms with Crippen molar-refractivity contribution in [3.05, 3.63) is 64.8 Å². The second-order valence-electron chi connectivity index (χ2n) is 6.61. The van der Waals surface area contributed by atoms with Gasteiger partial charge in [0, 0.05) is 33.4 Å². The predicted octanol–water partition coefficient (Wildman–Crippen LogP) is 4.94. The standard InChI is InChI=1S/C20H19ClN2O2/c1-12(24)13-5-4-6-15(9-13)23-19(25)20(2,3)17-11-22-18-8-7-14(21)10-16(17)18/h4-11,22H,1-3H3,(H,23,25). The fourth-order valence-corrected chi connectivity index (χ4v) is 3.01. The molecule has 0 spiro atoms. The predicted molar refractivity (Wildman–Crippen MR) is 101 cm³/mol. The van der Waals surface area contributed by atoms with Gasteiger partial charge >= 0.3 is 0 Å². The average molecular weight is 355 g/mol. The zero-order valence-corrected chi connectivity index (χ0v) is 15.1. The summed E-state index contributed by atoms with van der Waals surface area (Å²) in [4.78, 5) is 27.6. The van der Waals surface area contributed by atoms with Crippen molar-refractivity contribution in [3.63, 3.8) is 0 Å². The zero-order chi connectivity index (χ0) is 18.2. The molecule has 0 atom stereocenters. The van der Waals surface area contributed by atoms with E-state index in [4.69, 9.17) is 11.6 Å². The molecule has 25 heavy (non-hydrogen) atoms. The number of ketones is 1. The number of hydrogen-bond acceptors (Lipinski definition) is 2. The molecule has 5 heteroatoms. The normalized spacial score (nSPS) is 11.5. The van der Waals surface area contributed by atoms with Gasteiger partial charge in [-0.15, -0.1) is 0 Å². The second kappa shape index (κ2) is 6.37. The number of aromatic amines is 1. The van der Waals surface area contributed by atoms with Crippen LogP contribution in [-0.4, -0.2) is 16.7 Å².